The largest absolute Gasteiger partial charge is 0.493 e. The molecule has 2 atom stereocenters. The number of ether oxygens (including phenoxy) is 1. The fourth-order valence-corrected chi connectivity index (χ4v) is 4.24. The maximum absolute atomic E-state index is 10.7. The van der Waals surface area contributed by atoms with Gasteiger partial charge < -0.3 is 14.7 Å². The van der Waals surface area contributed by atoms with E-state index >= 15 is 0 Å². The van der Waals surface area contributed by atoms with Gasteiger partial charge in [-0.1, -0.05) is 18.2 Å². The third kappa shape index (κ3) is 4.49. The van der Waals surface area contributed by atoms with Crippen molar-refractivity contribution >= 4 is 0 Å². The molecule has 1 aromatic heterocycles. The Labute approximate surface area is 161 Å². The lowest BCUT2D eigenvalue weighted by Gasteiger charge is -2.40. The minimum absolute atomic E-state index is 0.221. The summed E-state index contributed by atoms with van der Waals surface area (Å²) in [5.41, 5.74) is 3.74. The Morgan fingerprint density at radius 3 is 3.04 bits per heavy atom. The van der Waals surface area contributed by atoms with E-state index in [9.17, 15) is 5.11 Å². The van der Waals surface area contributed by atoms with Gasteiger partial charge in [-0.2, -0.15) is 0 Å². The van der Waals surface area contributed by atoms with E-state index in [0.717, 1.165) is 63.5 Å². The van der Waals surface area contributed by atoms with Gasteiger partial charge >= 0.3 is 0 Å². The molecule has 0 radical (unpaired) electrons. The van der Waals surface area contributed by atoms with E-state index in [0.29, 0.717) is 0 Å². The minimum atomic E-state index is -0.315. The van der Waals surface area contributed by atoms with Crippen LogP contribution in [0.5, 0.6) is 5.75 Å². The molecular weight excluding hydrogens is 338 g/mol. The molecule has 5 heteroatoms. The normalized spacial score (nSPS) is 22.6. The zero-order valence-electron chi connectivity index (χ0n) is 16.1. The smallest absolute Gasteiger partial charge is 0.122 e. The van der Waals surface area contributed by atoms with Gasteiger partial charge in [-0.05, 0) is 42.8 Å². The lowest BCUT2D eigenvalue weighted by molar-refractivity contribution is -0.00620. The SMILES string of the molecule is CN(CCc1ccccn1)[C@@H]1CCN(Cc2ccc3c(c2)CCO3)C[C@H]1O. The molecule has 3 heterocycles. The summed E-state index contributed by atoms with van der Waals surface area (Å²) in [6.45, 7) is 4.36. The van der Waals surface area contributed by atoms with E-state index in [4.69, 9.17) is 4.74 Å². The van der Waals surface area contributed by atoms with E-state index in [-0.39, 0.29) is 12.1 Å². The number of likely N-dealkylation sites (tertiary alicyclic amines) is 1. The molecule has 2 aromatic rings. The van der Waals surface area contributed by atoms with Gasteiger partial charge in [0.15, 0.2) is 0 Å². The molecule has 0 unspecified atom stereocenters. The van der Waals surface area contributed by atoms with Crippen LogP contribution in [0.2, 0.25) is 0 Å². The van der Waals surface area contributed by atoms with Gasteiger partial charge in [0.2, 0.25) is 0 Å². The second-order valence-electron chi connectivity index (χ2n) is 7.75. The molecule has 1 N–H and O–H groups in total. The van der Waals surface area contributed by atoms with E-state index in [2.05, 4.69) is 46.1 Å². The highest BCUT2D eigenvalue weighted by molar-refractivity contribution is 5.39. The number of nitrogens with zero attached hydrogens (tertiary/aromatic N) is 3. The van der Waals surface area contributed by atoms with Crippen molar-refractivity contribution in [3.8, 4) is 5.75 Å². The quantitative estimate of drug-likeness (QED) is 0.848. The number of piperidine rings is 1. The average molecular weight is 367 g/mol. The highest BCUT2D eigenvalue weighted by atomic mass is 16.5. The first-order chi connectivity index (χ1) is 13.2. The summed E-state index contributed by atoms with van der Waals surface area (Å²) >= 11 is 0. The maximum Gasteiger partial charge on any atom is 0.122 e. The van der Waals surface area contributed by atoms with Crippen LogP contribution < -0.4 is 4.74 Å². The van der Waals surface area contributed by atoms with Crippen molar-refractivity contribution < 1.29 is 9.84 Å². The van der Waals surface area contributed by atoms with Crippen molar-refractivity contribution in [3.05, 3.63) is 59.4 Å². The number of benzene rings is 1. The summed E-state index contributed by atoms with van der Waals surface area (Å²) in [5.74, 6) is 1.03. The Morgan fingerprint density at radius 1 is 1.30 bits per heavy atom. The Hall–Kier alpha value is -1.95. The number of likely N-dealkylation sites (N-methyl/N-ethyl adjacent to an activating group) is 1. The van der Waals surface area contributed by atoms with Crippen LogP contribution in [-0.4, -0.2) is 65.3 Å². The number of hydrogen-bond donors (Lipinski definition) is 1. The van der Waals surface area contributed by atoms with Crippen molar-refractivity contribution in [3.63, 3.8) is 0 Å². The molecule has 2 aliphatic rings. The van der Waals surface area contributed by atoms with Gasteiger partial charge in [0.1, 0.15) is 5.75 Å². The predicted molar refractivity (Wildman–Crippen MR) is 106 cm³/mol. The molecule has 0 saturated carbocycles. The summed E-state index contributed by atoms with van der Waals surface area (Å²) in [4.78, 5) is 9.05. The summed E-state index contributed by atoms with van der Waals surface area (Å²) < 4.78 is 5.59. The van der Waals surface area contributed by atoms with Crippen LogP contribution in [0, 0.1) is 0 Å². The van der Waals surface area contributed by atoms with Gasteiger partial charge in [0.05, 0.1) is 12.7 Å². The number of β-amino-alcohol motifs (C(OH)–C–C–N with tert-alkyl or cyclic N) is 1. The van der Waals surface area contributed by atoms with Crippen LogP contribution >= 0.6 is 0 Å². The van der Waals surface area contributed by atoms with E-state index in [1.54, 1.807) is 0 Å². The standard InChI is InChI=1S/C22H29N3O2/c1-24(11-7-19-4-2-3-10-23-19)20-8-12-25(16-21(20)26)15-17-5-6-22-18(14-17)9-13-27-22/h2-6,10,14,20-21,26H,7-9,11-13,15-16H2,1H3/t20-,21-/m1/s1. The third-order valence-corrected chi connectivity index (χ3v) is 5.80. The van der Waals surface area contributed by atoms with Crippen LogP contribution in [0.4, 0.5) is 0 Å². The summed E-state index contributed by atoms with van der Waals surface area (Å²) in [6.07, 6.45) is 4.45. The van der Waals surface area contributed by atoms with Crippen LogP contribution in [0.25, 0.3) is 0 Å². The molecule has 0 aliphatic carbocycles. The van der Waals surface area contributed by atoms with E-state index in [1.807, 2.05) is 18.3 Å². The van der Waals surface area contributed by atoms with Gasteiger partial charge in [0, 0.05) is 57.0 Å². The first-order valence-corrected chi connectivity index (χ1v) is 9.94. The van der Waals surface area contributed by atoms with Crippen LogP contribution in [0.15, 0.2) is 42.6 Å². The molecule has 4 rings (SSSR count). The number of aliphatic hydroxyl groups excluding tert-OH is 1. The molecule has 1 saturated heterocycles. The highest BCUT2D eigenvalue weighted by Gasteiger charge is 2.30. The topological polar surface area (TPSA) is 48.8 Å². The number of aromatic nitrogens is 1. The summed E-state index contributed by atoms with van der Waals surface area (Å²) in [5, 5.41) is 10.7. The monoisotopic (exact) mass is 367 g/mol. The Bertz CT molecular complexity index is 752. The first-order valence-electron chi connectivity index (χ1n) is 9.94. The van der Waals surface area contributed by atoms with Crippen molar-refractivity contribution in [2.24, 2.45) is 0 Å². The molecule has 2 aliphatic heterocycles. The van der Waals surface area contributed by atoms with Gasteiger partial charge in [-0.3, -0.25) is 9.88 Å². The number of aliphatic hydroxyl groups is 1. The lowest BCUT2D eigenvalue weighted by Crippen LogP contribution is -2.53. The molecule has 1 aromatic carbocycles. The predicted octanol–water partition coefficient (Wildman–Crippen LogP) is 2.13. The van der Waals surface area contributed by atoms with Crippen molar-refractivity contribution in [2.75, 3.05) is 33.3 Å². The fraction of sp³-hybridized carbons (Fsp3) is 0.500. The second kappa shape index (κ2) is 8.38. The molecule has 0 spiro atoms. The molecule has 0 bridgehead atoms. The Morgan fingerprint density at radius 2 is 2.22 bits per heavy atom. The molecule has 5 nitrogen and oxygen atoms in total. The van der Waals surface area contributed by atoms with E-state index in [1.165, 1.54) is 11.1 Å². The number of rotatable bonds is 6. The Kier molecular flexibility index (Phi) is 5.72. The molecule has 1 fully saturated rings. The van der Waals surface area contributed by atoms with E-state index < -0.39 is 0 Å². The number of hydrogen-bond acceptors (Lipinski definition) is 5. The zero-order chi connectivity index (χ0) is 18.6. The zero-order valence-corrected chi connectivity index (χ0v) is 16.1. The summed E-state index contributed by atoms with van der Waals surface area (Å²) in [7, 11) is 2.12. The number of fused-ring (bicyclic) bond motifs is 1. The van der Waals surface area contributed by atoms with Gasteiger partial charge in [-0.15, -0.1) is 0 Å². The molecular formula is C22H29N3O2. The second-order valence-corrected chi connectivity index (χ2v) is 7.75. The third-order valence-electron chi connectivity index (χ3n) is 5.80. The fourth-order valence-electron chi connectivity index (χ4n) is 4.24. The van der Waals surface area contributed by atoms with Gasteiger partial charge in [-0.25, -0.2) is 0 Å². The van der Waals surface area contributed by atoms with Crippen LogP contribution in [0.1, 0.15) is 23.2 Å². The highest BCUT2D eigenvalue weighted by Crippen LogP contribution is 2.27. The maximum atomic E-state index is 10.7. The first kappa shape index (κ1) is 18.4. The molecule has 0 amide bonds. The lowest BCUT2D eigenvalue weighted by atomic mass is 9.99. The average Bonchev–Trinajstić information content (AvgIpc) is 3.15. The van der Waals surface area contributed by atoms with Crippen molar-refractivity contribution in [1.82, 2.24) is 14.8 Å². The van der Waals surface area contributed by atoms with Crippen molar-refractivity contribution in [1.29, 1.82) is 0 Å². The van der Waals surface area contributed by atoms with Crippen LogP contribution in [-0.2, 0) is 19.4 Å². The van der Waals surface area contributed by atoms with Gasteiger partial charge in [0.25, 0.3) is 0 Å². The minimum Gasteiger partial charge on any atom is -0.493 e. The number of pyridine rings is 1. The molecule has 144 valence electrons. The molecule has 27 heavy (non-hydrogen) atoms. The summed E-state index contributed by atoms with van der Waals surface area (Å²) in [6, 6.07) is 12.8. The van der Waals surface area contributed by atoms with Crippen molar-refractivity contribution in [2.45, 2.75) is 38.0 Å². The van der Waals surface area contributed by atoms with Crippen LogP contribution in [0.3, 0.4) is 0 Å². The Balaban J connectivity index is 1.28.